The molecule has 3 rings (SSSR count). The van der Waals surface area contributed by atoms with Gasteiger partial charge in [0.25, 0.3) is 0 Å². The van der Waals surface area contributed by atoms with Gasteiger partial charge in [-0.1, -0.05) is 0 Å². The molecule has 0 amide bonds. The monoisotopic (exact) mass is 529 g/mol. The molecule has 12 heteroatoms. The van der Waals surface area contributed by atoms with Crippen LogP contribution in [0.15, 0.2) is 48.5 Å². The summed E-state index contributed by atoms with van der Waals surface area (Å²) in [7, 11) is 5.72. The highest BCUT2D eigenvalue weighted by Crippen LogP contribution is 2.33. The Kier molecular flexibility index (Phi) is 9.04. The van der Waals surface area contributed by atoms with Crippen LogP contribution in [0.1, 0.15) is 34.9 Å². The predicted molar refractivity (Wildman–Crippen MR) is 131 cm³/mol. The van der Waals surface area contributed by atoms with Crippen LogP contribution < -0.4 is 23.8 Å². The van der Waals surface area contributed by atoms with Gasteiger partial charge in [0.05, 0.1) is 41.3 Å². The van der Waals surface area contributed by atoms with Gasteiger partial charge in [-0.05, 0) is 24.3 Å². The minimum absolute atomic E-state index is 0.138. The summed E-state index contributed by atoms with van der Waals surface area (Å²) in [5.41, 5.74) is 0.393. The van der Waals surface area contributed by atoms with Gasteiger partial charge >= 0.3 is 11.9 Å². The summed E-state index contributed by atoms with van der Waals surface area (Å²) in [5.74, 6) is -2.05. The van der Waals surface area contributed by atoms with E-state index in [2.05, 4.69) is 0 Å². The molecule has 1 atom stereocenters. The van der Waals surface area contributed by atoms with Crippen molar-refractivity contribution >= 4 is 17.7 Å². The number of aromatic hydroxyl groups is 2. The van der Waals surface area contributed by atoms with Crippen molar-refractivity contribution in [3.05, 3.63) is 59.7 Å². The summed E-state index contributed by atoms with van der Waals surface area (Å²) in [4.78, 5) is 43.3. The molecule has 2 N–H and O–H groups in total. The average Bonchev–Trinajstić information content (AvgIpc) is 3.25. The summed E-state index contributed by atoms with van der Waals surface area (Å²) >= 11 is 0. The maximum absolute atomic E-state index is 13.6. The lowest BCUT2D eigenvalue weighted by molar-refractivity contribution is -0.153. The van der Waals surface area contributed by atoms with E-state index < -0.39 is 48.4 Å². The number of hydrogen-bond donors (Lipinski definition) is 2. The molecule has 12 nitrogen and oxygen atoms in total. The lowest BCUT2D eigenvalue weighted by Gasteiger charge is -2.19. The van der Waals surface area contributed by atoms with E-state index in [1.807, 2.05) is 0 Å². The first-order valence-corrected chi connectivity index (χ1v) is 11.2. The summed E-state index contributed by atoms with van der Waals surface area (Å²) in [5, 5.41) is 19.2. The highest BCUT2D eigenvalue weighted by molar-refractivity contribution is 6.01. The van der Waals surface area contributed by atoms with Gasteiger partial charge in [-0.25, -0.2) is 4.79 Å². The van der Waals surface area contributed by atoms with Crippen molar-refractivity contribution in [3.8, 4) is 34.8 Å². The van der Waals surface area contributed by atoms with Crippen molar-refractivity contribution in [1.29, 1.82) is 0 Å². The molecule has 0 saturated carbocycles. The maximum Gasteiger partial charge on any atom is 0.333 e. The molecular weight excluding hydrogens is 502 g/mol. The first-order chi connectivity index (χ1) is 18.2. The van der Waals surface area contributed by atoms with Crippen molar-refractivity contribution in [1.82, 2.24) is 4.73 Å². The minimum atomic E-state index is -1.45. The molecule has 0 bridgehead atoms. The Morgan fingerprint density at radius 1 is 0.711 bits per heavy atom. The van der Waals surface area contributed by atoms with Crippen LogP contribution in [0.2, 0.25) is 0 Å². The van der Waals surface area contributed by atoms with E-state index in [1.165, 1.54) is 52.7 Å². The number of nitrogens with zero attached hydrogens (tertiary/aromatic N) is 1. The van der Waals surface area contributed by atoms with Crippen LogP contribution in [0, 0.1) is 0 Å². The molecule has 3 aromatic rings. The normalized spacial score (nSPS) is 11.3. The third kappa shape index (κ3) is 6.66. The van der Waals surface area contributed by atoms with Crippen molar-refractivity contribution < 1.29 is 53.1 Å². The van der Waals surface area contributed by atoms with Gasteiger partial charge in [-0.15, -0.1) is 4.73 Å². The molecule has 0 spiro atoms. The van der Waals surface area contributed by atoms with Gasteiger partial charge in [0.15, 0.2) is 6.10 Å². The molecule has 38 heavy (non-hydrogen) atoms. The number of aromatic nitrogens is 1. The number of carbonyl (C=O) groups is 3. The lowest BCUT2D eigenvalue weighted by atomic mass is 9.98. The van der Waals surface area contributed by atoms with E-state index in [0.717, 1.165) is 12.1 Å². The summed E-state index contributed by atoms with van der Waals surface area (Å²) in [6.07, 6.45) is -2.38. The zero-order valence-electron chi connectivity index (χ0n) is 21.1. The van der Waals surface area contributed by atoms with E-state index in [1.54, 1.807) is 12.1 Å². The number of methoxy groups -OCH3 is 4. The van der Waals surface area contributed by atoms with Crippen molar-refractivity contribution in [3.63, 3.8) is 0 Å². The Morgan fingerprint density at radius 2 is 1.16 bits per heavy atom. The van der Waals surface area contributed by atoms with E-state index >= 15 is 0 Å². The van der Waals surface area contributed by atoms with Crippen LogP contribution in [0.25, 0.3) is 0 Å². The number of esters is 1. The molecule has 0 aliphatic rings. The molecule has 202 valence electrons. The average molecular weight is 529 g/mol. The van der Waals surface area contributed by atoms with E-state index in [-0.39, 0.29) is 11.1 Å². The number of benzene rings is 2. The van der Waals surface area contributed by atoms with Gasteiger partial charge in [-0.2, -0.15) is 0 Å². The predicted octanol–water partition coefficient (Wildman–Crippen LogP) is 2.84. The third-order valence-corrected chi connectivity index (χ3v) is 5.32. The fourth-order valence-electron chi connectivity index (χ4n) is 3.39. The van der Waals surface area contributed by atoms with Gasteiger partial charge in [0.1, 0.15) is 23.0 Å². The van der Waals surface area contributed by atoms with E-state index in [4.69, 9.17) is 28.5 Å². The zero-order chi connectivity index (χ0) is 27.8. The zero-order valence-corrected chi connectivity index (χ0v) is 21.1. The van der Waals surface area contributed by atoms with Crippen molar-refractivity contribution in [2.75, 3.05) is 28.4 Å². The fraction of sp³-hybridized carbons (Fsp3) is 0.269. The van der Waals surface area contributed by atoms with Crippen molar-refractivity contribution in [2.24, 2.45) is 0 Å². The Hall–Kier alpha value is -4.87. The van der Waals surface area contributed by atoms with E-state index in [0.29, 0.717) is 27.7 Å². The Bertz CT molecular complexity index is 1250. The fourth-order valence-corrected chi connectivity index (χ4v) is 3.39. The number of rotatable bonds is 12. The van der Waals surface area contributed by atoms with Crippen LogP contribution in [-0.4, -0.2) is 61.1 Å². The lowest BCUT2D eigenvalue weighted by Crippen LogP contribution is -2.23. The number of ketones is 1. The number of ether oxygens (including phenoxy) is 5. The largest absolute Gasteiger partial charge is 0.497 e. The van der Waals surface area contributed by atoms with Crippen LogP contribution in [0.3, 0.4) is 0 Å². The van der Waals surface area contributed by atoms with Gasteiger partial charge in [0, 0.05) is 35.4 Å². The smallest absolute Gasteiger partial charge is 0.333 e. The Balaban J connectivity index is 1.86. The quantitative estimate of drug-likeness (QED) is 0.263. The second-order valence-electron chi connectivity index (χ2n) is 7.79. The molecule has 0 radical (unpaired) electrons. The number of Topliss-reactive ketones (excluding diaryl/α,β-unsaturated/α-hetero) is 1. The second-order valence-corrected chi connectivity index (χ2v) is 7.79. The van der Waals surface area contributed by atoms with Gasteiger partial charge in [0.2, 0.25) is 17.5 Å². The maximum atomic E-state index is 13.6. The van der Waals surface area contributed by atoms with Crippen LogP contribution in [0.4, 0.5) is 0 Å². The standard InChI is InChI=1S/C26H27NO11/c1-33-17-9-15(10-18(13-17)34-2)25(32)26(16-11-19(35-3)14-20(12-16)36-4)37-23(30)7-8-24(31)38-27-21(28)5-6-22(27)29/h5-6,9-14,26,28-29H,7-8H2,1-4H3. The molecule has 1 unspecified atom stereocenters. The summed E-state index contributed by atoms with van der Waals surface area (Å²) < 4.78 is 27.1. The number of carbonyl (C=O) groups excluding carboxylic acids is 3. The van der Waals surface area contributed by atoms with Crippen molar-refractivity contribution in [2.45, 2.75) is 18.9 Å². The van der Waals surface area contributed by atoms with Crippen LogP contribution in [0.5, 0.6) is 34.8 Å². The van der Waals surface area contributed by atoms with Crippen LogP contribution in [-0.2, 0) is 14.3 Å². The highest BCUT2D eigenvalue weighted by Gasteiger charge is 2.29. The molecule has 0 saturated heterocycles. The molecule has 0 fully saturated rings. The molecule has 2 aromatic carbocycles. The first-order valence-electron chi connectivity index (χ1n) is 11.2. The Morgan fingerprint density at radius 3 is 1.63 bits per heavy atom. The molecule has 1 heterocycles. The van der Waals surface area contributed by atoms with Gasteiger partial charge in [-0.3, -0.25) is 9.59 Å². The molecule has 1 aromatic heterocycles. The third-order valence-electron chi connectivity index (χ3n) is 5.32. The molecule has 0 aliphatic carbocycles. The van der Waals surface area contributed by atoms with E-state index in [9.17, 15) is 24.6 Å². The number of hydrogen-bond acceptors (Lipinski definition) is 11. The summed E-state index contributed by atoms with van der Waals surface area (Å²) in [6, 6.07) is 11.4. The SMILES string of the molecule is COc1cc(OC)cc(C(=O)C(OC(=O)CCC(=O)On2c(O)ccc2O)c2cc(OC)cc(OC)c2)c1. The second kappa shape index (κ2) is 12.4. The highest BCUT2D eigenvalue weighted by atomic mass is 16.7. The first kappa shape index (κ1) is 27.7. The Labute approximate surface area is 217 Å². The van der Waals surface area contributed by atoms with Gasteiger partial charge < -0.3 is 38.7 Å². The molecule has 0 aliphatic heterocycles. The van der Waals surface area contributed by atoms with Crippen LogP contribution >= 0.6 is 0 Å². The summed E-state index contributed by atoms with van der Waals surface area (Å²) in [6.45, 7) is 0. The molecular formula is C26H27NO11. The minimum Gasteiger partial charge on any atom is -0.497 e. The topological polar surface area (TPSA) is 152 Å².